The van der Waals surface area contributed by atoms with Crippen LogP contribution in [-0.4, -0.2) is 34.3 Å². The van der Waals surface area contributed by atoms with Crippen molar-refractivity contribution in [2.45, 2.75) is 18.7 Å². The van der Waals surface area contributed by atoms with Gasteiger partial charge in [0.05, 0.1) is 12.1 Å². The number of imidazole rings is 1. The Labute approximate surface area is 186 Å². The largest absolute Gasteiger partial charge is 0.456 e. The van der Waals surface area contributed by atoms with Crippen LogP contribution in [0.15, 0.2) is 63.0 Å². The lowest BCUT2D eigenvalue weighted by molar-refractivity contribution is 0.0469. The van der Waals surface area contributed by atoms with Crippen molar-refractivity contribution in [3.8, 4) is 0 Å². The normalized spacial score (nSPS) is 10.9. The molecule has 0 aliphatic rings. The minimum absolute atomic E-state index is 0.147. The topological polar surface area (TPSA) is 112 Å². The van der Waals surface area contributed by atoms with Gasteiger partial charge in [-0.15, -0.1) is 0 Å². The number of nitrogens with zero attached hydrogens (tertiary/aromatic N) is 2. The van der Waals surface area contributed by atoms with Crippen molar-refractivity contribution in [3.05, 3.63) is 70.3 Å². The van der Waals surface area contributed by atoms with Crippen molar-refractivity contribution in [3.63, 3.8) is 0 Å². The second kappa shape index (κ2) is 9.15. The second-order valence-corrected chi connectivity index (χ2v) is 7.40. The van der Waals surface area contributed by atoms with Crippen molar-refractivity contribution in [1.29, 1.82) is 0 Å². The third-order valence-corrected chi connectivity index (χ3v) is 5.26. The molecule has 3 heterocycles. The average molecular weight is 453 g/mol. The minimum Gasteiger partial charge on any atom is -0.456 e. The van der Waals surface area contributed by atoms with Gasteiger partial charge in [0.15, 0.2) is 10.9 Å². The second-order valence-electron chi connectivity index (χ2n) is 6.63. The number of carbonyl (C=O) groups is 2. The van der Waals surface area contributed by atoms with Crippen molar-refractivity contribution in [2.75, 3.05) is 18.2 Å². The molecule has 0 unspecified atom stereocenters. The number of benzene rings is 1. The number of aromatic nitrogens is 2. The molecule has 9 nitrogen and oxygen atoms in total. The summed E-state index contributed by atoms with van der Waals surface area (Å²) in [5, 5.41) is 3.79. The Bertz CT molecular complexity index is 1380. The van der Waals surface area contributed by atoms with Crippen LogP contribution in [0.4, 0.5) is 10.5 Å². The molecule has 0 saturated heterocycles. The standard InChI is InChI=1S/C22H19N3O6S/c1-3-29-22(28)23-14-7-8-15-13(10-18(26)31-17(15)11-14)12-30-20(27)19-16-6-4-5-9-25(16)21(24-19)32-2/h4-11H,3,12H2,1-2H3,(H,23,28). The number of esters is 1. The van der Waals surface area contributed by atoms with Crippen LogP contribution >= 0.6 is 11.8 Å². The van der Waals surface area contributed by atoms with Gasteiger partial charge in [0.1, 0.15) is 12.2 Å². The van der Waals surface area contributed by atoms with Crippen LogP contribution in [0.25, 0.3) is 16.5 Å². The van der Waals surface area contributed by atoms with E-state index in [4.69, 9.17) is 13.9 Å². The maximum atomic E-state index is 12.7. The monoisotopic (exact) mass is 453 g/mol. The molecule has 0 atom stereocenters. The molecule has 4 aromatic rings. The van der Waals surface area contributed by atoms with E-state index in [2.05, 4.69) is 10.3 Å². The first kappa shape index (κ1) is 21.4. The van der Waals surface area contributed by atoms with Crippen LogP contribution in [0.2, 0.25) is 0 Å². The van der Waals surface area contributed by atoms with Gasteiger partial charge in [0.25, 0.3) is 0 Å². The number of anilines is 1. The minimum atomic E-state index is -0.615. The van der Waals surface area contributed by atoms with Crippen molar-refractivity contribution in [1.82, 2.24) is 9.38 Å². The van der Waals surface area contributed by atoms with E-state index in [0.717, 1.165) is 0 Å². The van der Waals surface area contributed by atoms with Crippen LogP contribution < -0.4 is 10.9 Å². The van der Waals surface area contributed by atoms with Gasteiger partial charge in [-0.25, -0.2) is 19.4 Å². The number of hydrogen-bond acceptors (Lipinski definition) is 8. The summed E-state index contributed by atoms with van der Waals surface area (Å²) in [4.78, 5) is 40.8. The van der Waals surface area contributed by atoms with Gasteiger partial charge in [-0.2, -0.15) is 0 Å². The maximum Gasteiger partial charge on any atom is 0.411 e. The van der Waals surface area contributed by atoms with Gasteiger partial charge in [-0.3, -0.25) is 9.72 Å². The van der Waals surface area contributed by atoms with Gasteiger partial charge in [-0.05, 0) is 37.4 Å². The van der Waals surface area contributed by atoms with E-state index in [1.54, 1.807) is 25.1 Å². The highest BCUT2D eigenvalue weighted by Crippen LogP contribution is 2.24. The summed E-state index contributed by atoms with van der Waals surface area (Å²) in [5.41, 5.74) is 1.35. The molecule has 0 aliphatic carbocycles. The Balaban J connectivity index is 1.59. The number of nitrogens with one attached hydrogen (secondary N) is 1. The smallest absolute Gasteiger partial charge is 0.411 e. The van der Waals surface area contributed by atoms with E-state index in [-0.39, 0.29) is 24.5 Å². The highest BCUT2D eigenvalue weighted by Gasteiger charge is 2.19. The lowest BCUT2D eigenvalue weighted by atomic mass is 10.1. The molecule has 1 amide bonds. The number of carbonyl (C=O) groups excluding carboxylic acids is 2. The molecule has 0 fully saturated rings. The fourth-order valence-corrected chi connectivity index (χ4v) is 3.77. The summed E-state index contributed by atoms with van der Waals surface area (Å²) < 4.78 is 17.4. The number of ether oxygens (including phenoxy) is 2. The molecule has 3 aromatic heterocycles. The van der Waals surface area contributed by atoms with Gasteiger partial charge in [0, 0.05) is 35.0 Å². The third-order valence-electron chi connectivity index (χ3n) is 4.60. The predicted octanol–water partition coefficient (Wildman–Crippen LogP) is 4.09. The molecule has 0 radical (unpaired) electrons. The van der Waals surface area contributed by atoms with Gasteiger partial charge < -0.3 is 13.9 Å². The first-order chi connectivity index (χ1) is 15.5. The highest BCUT2D eigenvalue weighted by atomic mass is 32.2. The number of fused-ring (bicyclic) bond motifs is 2. The average Bonchev–Trinajstić information content (AvgIpc) is 3.16. The Morgan fingerprint density at radius 2 is 2.03 bits per heavy atom. The molecule has 32 heavy (non-hydrogen) atoms. The van der Waals surface area contributed by atoms with Gasteiger partial charge in [0.2, 0.25) is 0 Å². The van der Waals surface area contributed by atoms with E-state index in [1.165, 1.54) is 23.9 Å². The summed E-state index contributed by atoms with van der Waals surface area (Å²) in [6, 6.07) is 11.5. The van der Waals surface area contributed by atoms with E-state index < -0.39 is 17.7 Å². The number of hydrogen-bond donors (Lipinski definition) is 1. The SMILES string of the molecule is CCOC(=O)Nc1ccc2c(COC(=O)c3nc(SC)n4ccccc34)cc(=O)oc2c1. The number of pyridine rings is 1. The molecule has 0 spiro atoms. The Kier molecular flexibility index (Phi) is 6.13. The number of thioether (sulfide) groups is 1. The maximum absolute atomic E-state index is 12.7. The van der Waals surface area contributed by atoms with Gasteiger partial charge >= 0.3 is 17.7 Å². The van der Waals surface area contributed by atoms with Crippen LogP contribution in [0.1, 0.15) is 23.0 Å². The molecule has 1 aromatic carbocycles. The van der Waals surface area contributed by atoms with Gasteiger partial charge in [-0.1, -0.05) is 17.8 Å². The molecule has 0 saturated carbocycles. The fraction of sp³-hybridized carbons (Fsp3) is 0.182. The summed E-state index contributed by atoms with van der Waals surface area (Å²) >= 11 is 1.41. The fourth-order valence-electron chi connectivity index (χ4n) is 3.23. The summed E-state index contributed by atoms with van der Waals surface area (Å²) in [6.07, 6.45) is 3.08. The molecule has 10 heteroatoms. The van der Waals surface area contributed by atoms with Crippen LogP contribution in [0.5, 0.6) is 0 Å². The zero-order chi connectivity index (χ0) is 22.7. The summed E-state index contributed by atoms with van der Waals surface area (Å²) in [7, 11) is 0. The number of amides is 1. The van der Waals surface area contributed by atoms with E-state index >= 15 is 0 Å². The molecular formula is C22H19N3O6S. The van der Waals surface area contributed by atoms with Crippen molar-refractivity contribution < 1.29 is 23.5 Å². The van der Waals surface area contributed by atoms with E-state index in [9.17, 15) is 14.4 Å². The summed E-state index contributed by atoms with van der Waals surface area (Å²) in [5.74, 6) is -0.601. The van der Waals surface area contributed by atoms with Crippen molar-refractivity contribution in [2.24, 2.45) is 0 Å². The Hall–Kier alpha value is -3.79. The molecular weight excluding hydrogens is 434 g/mol. The highest BCUT2D eigenvalue weighted by molar-refractivity contribution is 7.98. The first-order valence-electron chi connectivity index (χ1n) is 9.69. The lowest BCUT2D eigenvalue weighted by Gasteiger charge is -2.09. The van der Waals surface area contributed by atoms with E-state index in [1.807, 2.05) is 29.0 Å². The quantitative estimate of drug-likeness (QED) is 0.264. The molecule has 164 valence electrons. The lowest BCUT2D eigenvalue weighted by Crippen LogP contribution is -2.13. The molecule has 0 bridgehead atoms. The molecule has 4 rings (SSSR count). The Morgan fingerprint density at radius 1 is 1.19 bits per heavy atom. The van der Waals surface area contributed by atoms with Crippen LogP contribution in [-0.2, 0) is 16.1 Å². The molecule has 0 aliphatic heterocycles. The van der Waals surface area contributed by atoms with E-state index in [0.29, 0.717) is 27.3 Å². The first-order valence-corrected chi connectivity index (χ1v) is 10.9. The van der Waals surface area contributed by atoms with Crippen LogP contribution in [0, 0.1) is 0 Å². The third kappa shape index (κ3) is 4.30. The Morgan fingerprint density at radius 3 is 2.81 bits per heavy atom. The molecule has 1 N–H and O–H groups in total. The predicted molar refractivity (Wildman–Crippen MR) is 119 cm³/mol. The summed E-state index contributed by atoms with van der Waals surface area (Å²) in [6.45, 7) is 1.78. The number of rotatable bonds is 6. The zero-order valence-corrected chi connectivity index (χ0v) is 18.1. The van der Waals surface area contributed by atoms with Crippen LogP contribution in [0.3, 0.4) is 0 Å². The zero-order valence-electron chi connectivity index (χ0n) is 17.3. The van der Waals surface area contributed by atoms with Crippen molar-refractivity contribution >= 4 is 46.0 Å².